The Bertz CT molecular complexity index is 429. The van der Waals surface area contributed by atoms with Gasteiger partial charge in [-0.05, 0) is 42.4 Å². The molecule has 5 heteroatoms. The molecular weight excluding hydrogens is 220 g/mol. The molecule has 82 valence electrons. The first kappa shape index (κ1) is 11.0. The van der Waals surface area contributed by atoms with Gasteiger partial charge in [-0.15, -0.1) is 0 Å². The normalized spacial score (nSPS) is 10.3. The highest BCUT2D eigenvalue weighted by Gasteiger charge is 1.99. The van der Waals surface area contributed by atoms with E-state index in [-0.39, 0.29) is 0 Å². The van der Waals surface area contributed by atoms with Gasteiger partial charge in [0.25, 0.3) is 0 Å². The quantitative estimate of drug-likeness (QED) is 0.810. The molecule has 2 N–H and O–H groups in total. The lowest BCUT2D eigenvalue weighted by atomic mass is 10.2. The van der Waals surface area contributed by atoms with E-state index < -0.39 is 0 Å². The highest BCUT2D eigenvalue weighted by molar-refractivity contribution is 7.99. The van der Waals surface area contributed by atoms with Gasteiger partial charge in [-0.25, -0.2) is 15.0 Å². The van der Waals surface area contributed by atoms with Crippen molar-refractivity contribution in [3.8, 4) is 0 Å². The second-order valence-corrected chi connectivity index (χ2v) is 4.23. The van der Waals surface area contributed by atoms with Gasteiger partial charge in [-0.1, -0.05) is 6.07 Å². The molecular formula is C11H12N4S. The fourth-order valence-corrected chi connectivity index (χ4v) is 1.92. The first-order valence-corrected chi connectivity index (χ1v) is 5.79. The van der Waals surface area contributed by atoms with Crippen LogP contribution in [0.4, 0.5) is 0 Å². The minimum absolute atomic E-state index is 0.653. The Hall–Kier alpha value is -1.46. The second-order valence-electron chi connectivity index (χ2n) is 3.19. The van der Waals surface area contributed by atoms with Gasteiger partial charge in [0.2, 0.25) is 0 Å². The fraction of sp³-hybridized carbons (Fsp3) is 0.182. The Kier molecular flexibility index (Phi) is 3.85. The summed E-state index contributed by atoms with van der Waals surface area (Å²) in [6.45, 7) is 0.653. The summed E-state index contributed by atoms with van der Waals surface area (Å²) in [6.07, 6.45) is 5.98. The molecule has 0 aromatic carbocycles. The molecule has 0 aliphatic rings. The van der Waals surface area contributed by atoms with Crippen LogP contribution >= 0.6 is 11.8 Å². The summed E-state index contributed by atoms with van der Waals surface area (Å²) >= 11 is 1.52. The van der Waals surface area contributed by atoms with Gasteiger partial charge in [0.1, 0.15) is 16.4 Å². The molecule has 0 saturated carbocycles. The highest BCUT2D eigenvalue weighted by Crippen LogP contribution is 2.22. The third-order valence-corrected chi connectivity index (χ3v) is 2.90. The van der Waals surface area contributed by atoms with E-state index in [4.69, 9.17) is 5.73 Å². The predicted octanol–water partition coefficient (Wildman–Crippen LogP) is 1.52. The molecule has 2 aromatic rings. The van der Waals surface area contributed by atoms with E-state index in [1.54, 1.807) is 6.20 Å². The summed E-state index contributed by atoms with van der Waals surface area (Å²) in [6, 6.07) is 5.89. The molecule has 0 radical (unpaired) electrons. The van der Waals surface area contributed by atoms with Crippen LogP contribution in [0, 0.1) is 0 Å². The van der Waals surface area contributed by atoms with Crippen molar-refractivity contribution in [3.63, 3.8) is 0 Å². The minimum atomic E-state index is 0.653. The summed E-state index contributed by atoms with van der Waals surface area (Å²) in [5.74, 6) is 0. The second kappa shape index (κ2) is 5.58. The molecule has 0 atom stereocenters. The zero-order valence-electron chi connectivity index (χ0n) is 8.71. The number of rotatable bonds is 4. The van der Waals surface area contributed by atoms with Gasteiger partial charge >= 0.3 is 0 Å². The van der Waals surface area contributed by atoms with Crippen molar-refractivity contribution in [2.45, 2.75) is 16.5 Å². The molecule has 2 heterocycles. The maximum Gasteiger partial charge on any atom is 0.116 e. The number of aromatic nitrogens is 3. The molecule has 0 fully saturated rings. The van der Waals surface area contributed by atoms with Crippen molar-refractivity contribution in [2.24, 2.45) is 5.73 Å². The van der Waals surface area contributed by atoms with E-state index in [0.29, 0.717) is 6.54 Å². The largest absolute Gasteiger partial charge is 0.330 e. The Labute approximate surface area is 98.3 Å². The Morgan fingerprint density at radius 3 is 2.62 bits per heavy atom. The molecule has 0 bridgehead atoms. The van der Waals surface area contributed by atoms with E-state index in [0.717, 1.165) is 22.0 Å². The fourth-order valence-electron chi connectivity index (χ4n) is 1.23. The highest BCUT2D eigenvalue weighted by atomic mass is 32.2. The lowest BCUT2D eigenvalue weighted by Crippen LogP contribution is -2.02. The molecule has 2 aromatic heterocycles. The standard InChI is InChI=1S/C11H12N4S/c12-5-3-9-1-2-10(14-7-9)16-11-4-6-13-8-15-11/h1-2,4,6-8H,3,5,12H2. The molecule has 0 unspecified atom stereocenters. The average Bonchev–Trinajstić information content (AvgIpc) is 2.33. The van der Waals surface area contributed by atoms with E-state index >= 15 is 0 Å². The van der Waals surface area contributed by atoms with Gasteiger partial charge < -0.3 is 5.73 Å². The summed E-state index contributed by atoms with van der Waals surface area (Å²) in [5, 5.41) is 1.83. The molecule has 2 rings (SSSR count). The Morgan fingerprint density at radius 2 is 2.00 bits per heavy atom. The number of nitrogens with zero attached hydrogens (tertiary/aromatic N) is 3. The van der Waals surface area contributed by atoms with E-state index in [1.165, 1.54) is 18.1 Å². The van der Waals surface area contributed by atoms with Crippen molar-refractivity contribution in [3.05, 3.63) is 42.5 Å². The number of hydrogen-bond donors (Lipinski definition) is 1. The lowest BCUT2D eigenvalue weighted by Gasteiger charge is -2.01. The molecule has 0 amide bonds. The summed E-state index contributed by atoms with van der Waals surface area (Å²) in [4.78, 5) is 12.3. The van der Waals surface area contributed by atoms with Crippen LogP contribution in [0.2, 0.25) is 0 Å². The zero-order chi connectivity index (χ0) is 11.2. The number of nitrogens with two attached hydrogens (primary N) is 1. The van der Waals surface area contributed by atoms with Crippen LogP contribution < -0.4 is 5.73 Å². The van der Waals surface area contributed by atoms with Crippen molar-refractivity contribution >= 4 is 11.8 Å². The van der Waals surface area contributed by atoms with Crippen molar-refractivity contribution in [2.75, 3.05) is 6.54 Å². The van der Waals surface area contributed by atoms with Crippen LogP contribution in [0.3, 0.4) is 0 Å². The molecule has 4 nitrogen and oxygen atoms in total. The van der Waals surface area contributed by atoms with Crippen LogP contribution in [0.25, 0.3) is 0 Å². The van der Waals surface area contributed by atoms with Crippen LogP contribution in [-0.2, 0) is 6.42 Å². The van der Waals surface area contributed by atoms with Crippen molar-refractivity contribution in [1.82, 2.24) is 15.0 Å². The Morgan fingerprint density at radius 1 is 1.12 bits per heavy atom. The number of pyridine rings is 1. The maximum atomic E-state index is 5.47. The first-order chi connectivity index (χ1) is 7.88. The molecule has 0 spiro atoms. The van der Waals surface area contributed by atoms with Gasteiger partial charge in [0.05, 0.1) is 0 Å². The van der Waals surface area contributed by atoms with Crippen molar-refractivity contribution in [1.29, 1.82) is 0 Å². The lowest BCUT2D eigenvalue weighted by molar-refractivity contribution is 0.944. The molecule has 0 saturated heterocycles. The smallest absolute Gasteiger partial charge is 0.116 e. The van der Waals surface area contributed by atoms with Crippen molar-refractivity contribution < 1.29 is 0 Å². The van der Waals surface area contributed by atoms with Crippen LogP contribution in [-0.4, -0.2) is 21.5 Å². The first-order valence-electron chi connectivity index (χ1n) is 4.97. The van der Waals surface area contributed by atoms with Crippen LogP contribution in [0.15, 0.2) is 47.0 Å². The average molecular weight is 232 g/mol. The topological polar surface area (TPSA) is 64.7 Å². The SMILES string of the molecule is NCCc1ccc(Sc2ccncn2)nc1. The van der Waals surface area contributed by atoms with E-state index in [2.05, 4.69) is 15.0 Å². The van der Waals surface area contributed by atoms with Gasteiger partial charge in [0.15, 0.2) is 0 Å². The van der Waals surface area contributed by atoms with Gasteiger partial charge in [0, 0.05) is 12.4 Å². The van der Waals surface area contributed by atoms with Gasteiger partial charge in [-0.2, -0.15) is 0 Å². The van der Waals surface area contributed by atoms with E-state index in [9.17, 15) is 0 Å². The summed E-state index contributed by atoms with van der Waals surface area (Å²) in [7, 11) is 0. The molecule has 0 aliphatic heterocycles. The number of hydrogen-bond acceptors (Lipinski definition) is 5. The van der Waals surface area contributed by atoms with Gasteiger partial charge in [-0.3, -0.25) is 0 Å². The van der Waals surface area contributed by atoms with Crippen LogP contribution in [0.1, 0.15) is 5.56 Å². The summed E-state index contributed by atoms with van der Waals surface area (Å²) < 4.78 is 0. The molecule has 16 heavy (non-hydrogen) atoms. The monoisotopic (exact) mass is 232 g/mol. The van der Waals surface area contributed by atoms with E-state index in [1.807, 2.05) is 24.4 Å². The minimum Gasteiger partial charge on any atom is -0.330 e. The predicted molar refractivity (Wildman–Crippen MR) is 63.2 cm³/mol. The third-order valence-electron chi connectivity index (χ3n) is 1.99. The molecule has 0 aliphatic carbocycles. The zero-order valence-corrected chi connectivity index (χ0v) is 9.52. The summed E-state index contributed by atoms with van der Waals surface area (Å²) in [5.41, 5.74) is 6.63. The van der Waals surface area contributed by atoms with Crippen LogP contribution in [0.5, 0.6) is 0 Å². The maximum absolute atomic E-state index is 5.47. The third kappa shape index (κ3) is 3.01. The Balaban J connectivity index is 2.05.